The number of aryl methyl sites for hydroxylation is 1. The number of aromatic nitrogens is 4. The molecule has 0 radical (unpaired) electrons. The van der Waals surface area contributed by atoms with Crippen molar-refractivity contribution in [2.45, 2.75) is 6.42 Å². The number of hydrogen-bond donors (Lipinski definition) is 1. The normalized spacial score (nSPS) is 10.3. The lowest BCUT2D eigenvalue weighted by molar-refractivity contribution is -0.384. The molecular formula is C10H12N6O2. The SMILES string of the molecule is Cn1cnc(CCNc2cc([N+](=O)[O-])ccn2)n1. The zero-order valence-corrected chi connectivity index (χ0v) is 9.78. The summed E-state index contributed by atoms with van der Waals surface area (Å²) in [7, 11) is 1.80. The zero-order chi connectivity index (χ0) is 13.0. The molecule has 0 bridgehead atoms. The van der Waals surface area contributed by atoms with Gasteiger partial charge in [0.15, 0.2) is 5.82 Å². The maximum absolute atomic E-state index is 10.6. The Balaban J connectivity index is 1.90. The second-order valence-corrected chi connectivity index (χ2v) is 3.67. The van der Waals surface area contributed by atoms with Gasteiger partial charge in [-0.05, 0) is 0 Å². The van der Waals surface area contributed by atoms with Gasteiger partial charge >= 0.3 is 0 Å². The molecule has 0 aliphatic heterocycles. The number of nitro groups is 1. The molecule has 0 spiro atoms. The molecule has 0 atom stereocenters. The third-order valence-corrected chi connectivity index (χ3v) is 2.26. The minimum Gasteiger partial charge on any atom is -0.369 e. The highest BCUT2D eigenvalue weighted by Crippen LogP contribution is 2.13. The number of nitrogens with zero attached hydrogens (tertiary/aromatic N) is 5. The number of rotatable bonds is 5. The summed E-state index contributed by atoms with van der Waals surface area (Å²) in [5, 5.41) is 17.7. The van der Waals surface area contributed by atoms with Gasteiger partial charge in [0.2, 0.25) is 0 Å². The molecule has 0 aromatic carbocycles. The third-order valence-electron chi connectivity index (χ3n) is 2.26. The van der Waals surface area contributed by atoms with Crippen LogP contribution in [-0.2, 0) is 13.5 Å². The van der Waals surface area contributed by atoms with Crippen molar-refractivity contribution in [3.8, 4) is 0 Å². The van der Waals surface area contributed by atoms with E-state index in [0.717, 1.165) is 5.82 Å². The van der Waals surface area contributed by atoms with Crippen LogP contribution in [0.25, 0.3) is 0 Å². The first-order chi connectivity index (χ1) is 8.65. The van der Waals surface area contributed by atoms with Crippen molar-refractivity contribution in [3.05, 3.63) is 40.6 Å². The van der Waals surface area contributed by atoms with Crippen LogP contribution in [0.1, 0.15) is 5.82 Å². The molecule has 8 nitrogen and oxygen atoms in total. The first-order valence-corrected chi connectivity index (χ1v) is 5.34. The van der Waals surface area contributed by atoms with Crippen molar-refractivity contribution in [2.75, 3.05) is 11.9 Å². The molecule has 0 aliphatic rings. The van der Waals surface area contributed by atoms with Crippen molar-refractivity contribution in [1.82, 2.24) is 19.7 Å². The molecule has 0 aliphatic carbocycles. The quantitative estimate of drug-likeness (QED) is 0.620. The number of pyridine rings is 1. The first kappa shape index (κ1) is 12.0. The van der Waals surface area contributed by atoms with Gasteiger partial charge in [-0.1, -0.05) is 0 Å². The van der Waals surface area contributed by atoms with E-state index >= 15 is 0 Å². The van der Waals surface area contributed by atoms with Crippen LogP contribution in [0.5, 0.6) is 0 Å². The van der Waals surface area contributed by atoms with Crippen molar-refractivity contribution in [1.29, 1.82) is 0 Å². The summed E-state index contributed by atoms with van der Waals surface area (Å²) in [5.41, 5.74) is 0.0171. The highest BCUT2D eigenvalue weighted by Gasteiger charge is 2.06. The number of hydrogen-bond acceptors (Lipinski definition) is 6. The highest BCUT2D eigenvalue weighted by molar-refractivity contribution is 5.44. The molecule has 2 aromatic heterocycles. The first-order valence-electron chi connectivity index (χ1n) is 5.34. The van der Waals surface area contributed by atoms with Gasteiger partial charge in [-0.3, -0.25) is 14.8 Å². The summed E-state index contributed by atoms with van der Waals surface area (Å²) >= 11 is 0. The Bertz CT molecular complexity index is 553. The van der Waals surface area contributed by atoms with E-state index in [0.29, 0.717) is 18.8 Å². The Morgan fingerprint density at radius 2 is 2.33 bits per heavy atom. The lowest BCUT2D eigenvalue weighted by atomic mass is 10.3. The van der Waals surface area contributed by atoms with Crippen LogP contribution < -0.4 is 5.32 Å². The molecule has 0 saturated carbocycles. The van der Waals surface area contributed by atoms with Crippen molar-refractivity contribution < 1.29 is 4.92 Å². The Hall–Kier alpha value is -2.51. The fourth-order valence-corrected chi connectivity index (χ4v) is 1.43. The van der Waals surface area contributed by atoms with Crippen LogP contribution in [0.15, 0.2) is 24.7 Å². The summed E-state index contributed by atoms with van der Waals surface area (Å²) in [6.07, 6.45) is 3.66. The molecule has 8 heteroatoms. The third kappa shape index (κ3) is 3.00. The summed E-state index contributed by atoms with van der Waals surface area (Å²) in [6.45, 7) is 0.568. The molecule has 2 rings (SSSR count). The zero-order valence-electron chi connectivity index (χ0n) is 9.78. The van der Waals surface area contributed by atoms with Gasteiger partial charge in [-0.25, -0.2) is 9.97 Å². The lowest BCUT2D eigenvalue weighted by Crippen LogP contribution is -2.07. The van der Waals surface area contributed by atoms with Crippen LogP contribution in [-0.4, -0.2) is 31.2 Å². The van der Waals surface area contributed by atoms with E-state index in [1.54, 1.807) is 18.1 Å². The van der Waals surface area contributed by atoms with E-state index in [2.05, 4.69) is 20.4 Å². The van der Waals surface area contributed by atoms with Gasteiger partial charge < -0.3 is 5.32 Å². The van der Waals surface area contributed by atoms with E-state index in [1.165, 1.54) is 18.3 Å². The van der Waals surface area contributed by atoms with Gasteiger partial charge in [0.1, 0.15) is 12.1 Å². The Morgan fingerprint density at radius 3 is 3.00 bits per heavy atom. The van der Waals surface area contributed by atoms with Crippen LogP contribution in [0.3, 0.4) is 0 Å². The standard InChI is InChI=1S/C10H12N6O2/c1-15-7-13-9(14-15)3-5-12-10-6-8(16(17)18)2-4-11-10/h2,4,6-7H,3,5H2,1H3,(H,11,12). The molecule has 0 saturated heterocycles. The summed E-state index contributed by atoms with van der Waals surface area (Å²) in [5.74, 6) is 1.19. The van der Waals surface area contributed by atoms with E-state index in [9.17, 15) is 10.1 Å². The number of anilines is 1. The van der Waals surface area contributed by atoms with Crippen LogP contribution in [0, 0.1) is 10.1 Å². The van der Waals surface area contributed by atoms with Crippen LogP contribution >= 0.6 is 0 Å². The average molecular weight is 248 g/mol. The fourth-order valence-electron chi connectivity index (χ4n) is 1.43. The van der Waals surface area contributed by atoms with Crippen LogP contribution in [0.4, 0.5) is 11.5 Å². The molecule has 1 N–H and O–H groups in total. The smallest absolute Gasteiger partial charge is 0.274 e. The van der Waals surface area contributed by atoms with E-state index < -0.39 is 4.92 Å². The molecule has 94 valence electrons. The summed E-state index contributed by atoms with van der Waals surface area (Å²) < 4.78 is 1.63. The maximum Gasteiger partial charge on any atom is 0.274 e. The van der Waals surface area contributed by atoms with Gasteiger partial charge in [0.25, 0.3) is 5.69 Å². The molecule has 2 aromatic rings. The fraction of sp³-hybridized carbons (Fsp3) is 0.300. The Morgan fingerprint density at radius 1 is 1.50 bits per heavy atom. The molecule has 0 unspecified atom stereocenters. The molecular weight excluding hydrogens is 236 g/mol. The Kier molecular flexibility index (Phi) is 3.46. The molecule has 18 heavy (non-hydrogen) atoms. The predicted molar refractivity (Wildman–Crippen MR) is 64.1 cm³/mol. The van der Waals surface area contributed by atoms with Crippen LogP contribution in [0.2, 0.25) is 0 Å². The monoisotopic (exact) mass is 248 g/mol. The predicted octanol–water partition coefficient (Wildman–Crippen LogP) is 0.773. The number of nitrogens with one attached hydrogen (secondary N) is 1. The Labute approximate surface area is 103 Å². The van der Waals surface area contributed by atoms with Crippen molar-refractivity contribution in [2.24, 2.45) is 7.05 Å². The van der Waals surface area contributed by atoms with Gasteiger partial charge in [-0.2, -0.15) is 5.10 Å². The minimum atomic E-state index is -0.451. The average Bonchev–Trinajstić information content (AvgIpc) is 2.75. The van der Waals surface area contributed by atoms with E-state index in [-0.39, 0.29) is 5.69 Å². The minimum absolute atomic E-state index is 0.0171. The van der Waals surface area contributed by atoms with E-state index in [4.69, 9.17) is 0 Å². The van der Waals surface area contributed by atoms with Crippen molar-refractivity contribution >= 4 is 11.5 Å². The summed E-state index contributed by atoms with van der Waals surface area (Å²) in [6, 6.07) is 2.75. The lowest BCUT2D eigenvalue weighted by Gasteiger charge is -2.02. The second kappa shape index (κ2) is 5.21. The van der Waals surface area contributed by atoms with Crippen molar-refractivity contribution in [3.63, 3.8) is 0 Å². The molecule has 2 heterocycles. The van der Waals surface area contributed by atoms with E-state index in [1.807, 2.05) is 0 Å². The highest BCUT2D eigenvalue weighted by atomic mass is 16.6. The van der Waals surface area contributed by atoms with Gasteiger partial charge in [0.05, 0.1) is 11.0 Å². The van der Waals surface area contributed by atoms with Gasteiger partial charge in [-0.15, -0.1) is 0 Å². The second-order valence-electron chi connectivity index (χ2n) is 3.67. The maximum atomic E-state index is 10.6. The topological polar surface area (TPSA) is 98.8 Å². The summed E-state index contributed by atoms with van der Waals surface area (Å²) in [4.78, 5) is 18.2. The van der Waals surface area contributed by atoms with Gasteiger partial charge in [0, 0.05) is 32.3 Å². The largest absolute Gasteiger partial charge is 0.369 e. The molecule has 0 amide bonds. The molecule has 0 fully saturated rings.